The fourth-order valence-electron chi connectivity index (χ4n) is 5.91. The first kappa shape index (κ1) is 80.3. The fourth-order valence-corrected chi connectivity index (χ4v) is 5.91. The fraction of sp³-hybridized carbons (Fsp3) is 0.328. The second-order valence-corrected chi connectivity index (χ2v) is 19.2. The molecule has 0 fully saturated rings. The van der Waals surface area contributed by atoms with Crippen LogP contribution in [-0.2, 0) is 45.4 Å². The van der Waals surface area contributed by atoms with Crippen LogP contribution in [0.15, 0.2) is 176 Å². The molecule has 476 valence electrons. The lowest BCUT2D eigenvalue weighted by Gasteiger charge is -2.29. The van der Waals surface area contributed by atoms with E-state index in [2.05, 4.69) is 0 Å². The largest absolute Gasteiger partial charge is 1.00 e. The van der Waals surface area contributed by atoms with Crippen molar-refractivity contribution in [3.8, 4) is 40.2 Å². The minimum absolute atomic E-state index is 0. The molecule has 22 nitrogen and oxygen atoms in total. The third-order valence-electron chi connectivity index (χ3n) is 11.8. The highest BCUT2D eigenvalue weighted by Gasteiger charge is 2.30. The molecule has 0 bridgehead atoms. The topological polar surface area (TPSA) is 419 Å². The van der Waals surface area contributed by atoms with Crippen molar-refractivity contribution in [3.05, 3.63) is 209 Å². The zero-order valence-electron chi connectivity index (χ0n) is 50.4. The Hall–Kier alpha value is -7.75. The predicted octanol–water partition coefficient (Wildman–Crippen LogP) is 5.16. The minimum atomic E-state index is -1.11. The molecule has 7 aromatic carbocycles. The molecule has 0 spiro atoms. The van der Waals surface area contributed by atoms with E-state index in [9.17, 15) is 20.4 Å². The lowest BCUT2D eigenvalue weighted by molar-refractivity contribution is -0.0980. The maximum atomic E-state index is 9.66. The van der Waals surface area contributed by atoms with E-state index >= 15 is 0 Å². The van der Waals surface area contributed by atoms with Gasteiger partial charge in [0.05, 0.1) is 122 Å². The zero-order chi connectivity index (χ0) is 63.9. The van der Waals surface area contributed by atoms with Crippen molar-refractivity contribution >= 4 is 6.79 Å². The lowest BCUT2D eigenvalue weighted by Crippen LogP contribution is -2.39. The van der Waals surface area contributed by atoms with Crippen molar-refractivity contribution in [2.24, 2.45) is 16.2 Å². The van der Waals surface area contributed by atoms with Crippen LogP contribution in [0.4, 0.5) is 0 Å². The second-order valence-electron chi connectivity index (χ2n) is 19.2. The summed E-state index contributed by atoms with van der Waals surface area (Å²) >= 11 is 0. The van der Waals surface area contributed by atoms with Gasteiger partial charge in [0, 0.05) is 0 Å². The Morgan fingerprint density at radius 1 is 0.302 bits per heavy atom. The molecule has 0 aliphatic rings. The number of rotatable bonds is 22. The number of carbonyl (C=O) groups is 1. The van der Waals surface area contributed by atoms with Gasteiger partial charge in [-0.15, -0.1) is 0 Å². The van der Waals surface area contributed by atoms with E-state index in [0.29, 0.717) is 37.1 Å². The van der Waals surface area contributed by atoms with Crippen molar-refractivity contribution in [3.63, 3.8) is 0 Å². The van der Waals surface area contributed by atoms with Crippen molar-refractivity contribution in [1.29, 1.82) is 0 Å². The van der Waals surface area contributed by atoms with Crippen molar-refractivity contribution in [1.82, 2.24) is 0 Å². The predicted molar refractivity (Wildman–Crippen MR) is 323 cm³/mol. The highest BCUT2D eigenvalue weighted by Crippen LogP contribution is 2.22. The van der Waals surface area contributed by atoms with Crippen LogP contribution < -0.4 is 0 Å². The van der Waals surface area contributed by atoms with Gasteiger partial charge in [0.2, 0.25) is 0 Å². The second kappa shape index (κ2) is 47.5. The summed E-state index contributed by atoms with van der Waals surface area (Å²) in [6, 6.07) is 49.2. The Bertz CT molecular complexity index is 2500. The van der Waals surface area contributed by atoms with Gasteiger partial charge in [-0.1, -0.05) is 102 Å². The average Bonchev–Trinajstić information content (AvgIpc) is 3.54. The summed E-state index contributed by atoms with van der Waals surface area (Å²) in [5.74, 6) is 1.77. The van der Waals surface area contributed by atoms with Crippen molar-refractivity contribution in [2.75, 3.05) is 79.3 Å². The summed E-state index contributed by atoms with van der Waals surface area (Å²) in [7, 11) is 0. The first-order valence-corrected chi connectivity index (χ1v) is 26.2. The van der Waals surface area contributed by atoms with Crippen LogP contribution in [0.3, 0.4) is 0 Å². The van der Waals surface area contributed by atoms with Crippen LogP contribution in [-0.4, -0.2) is 178 Å². The monoisotopic (exact) mass is 1210 g/mol. The Kier molecular flexibility index (Phi) is 44.4. The number of benzene rings is 7. The van der Waals surface area contributed by atoms with Crippen LogP contribution in [0.1, 0.15) is 36.2 Å². The molecule has 0 radical (unpaired) electrons. The van der Waals surface area contributed by atoms with Crippen LogP contribution >= 0.6 is 0 Å². The molecular formula is C64H89O22+. The lowest BCUT2D eigenvalue weighted by atomic mass is 9.92. The number of phenolic OH excluding ortho intramolecular Hbond substituents is 7. The summed E-state index contributed by atoms with van der Waals surface area (Å²) in [5, 5.41) is 152. The summed E-state index contributed by atoms with van der Waals surface area (Å²) < 4.78 is 16.6. The van der Waals surface area contributed by atoms with E-state index in [0.717, 1.165) is 22.3 Å². The number of para-hydroxylation sites is 1. The van der Waals surface area contributed by atoms with E-state index in [4.69, 9.17) is 85.4 Å². The summed E-state index contributed by atoms with van der Waals surface area (Å²) in [6.07, 6.45) is 0. The molecule has 7 rings (SSSR count). The summed E-state index contributed by atoms with van der Waals surface area (Å²) in [6.45, 7) is 4.06. The number of aliphatic hydroxyl groups excluding tert-OH is 10. The van der Waals surface area contributed by atoms with Crippen LogP contribution in [0.25, 0.3) is 0 Å². The highest BCUT2D eigenvalue weighted by molar-refractivity contribution is 5.29. The Morgan fingerprint density at radius 3 is 0.698 bits per heavy atom. The van der Waals surface area contributed by atoms with Gasteiger partial charge >= 0.3 is 2.85 Å². The Balaban J connectivity index is -0.000000489. The summed E-state index contributed by atoms with van der Waals surface area (Å²) in [5.41, 5.74) is 2.77. The quantitative estimate of drug-likeness (QED) is 0.0417. The van der Waals surface area contributed by atoms with Gasteiger partial charge in [0.25, 0.3) is 0 Å². The molecule has 0 aromatic heterocycles. The van der Waals surface area contributed by atoms with E-state index in [1.807, 2.05) is 51.0 Å². The normalized spacial score (nSPS) is 10.4. The number of hydrogen-bond acceptors (Lipinski definition) is 22. The minimum Gasteiger partial charge on any atom is -0.870 e. The molecule has 0 saturated carbocycles. The molecule has 0 atom stereocenters. The van der Waals surface area contributed by atoms with E-state index < -0.39 is 42.7 Å². The van der Waals surface area contributed by atoms with E-state index in [1.165, 1.54) is 11.1 Å². The maximum Gasteiger partial charge on any atom is 1.00 e. The van der Waals surface area contributed by atoms with Crippen molar-refractivity contribution in [2.45, 2.75) is 40.3 Å². The van der Waals surface area contributed by atoms with Crippen LogP contribution in [0, 0.1) is 30.1 Å². The Morgan fingerprint density at radius 2 is 0.512 bits per heavy atom. The molecule has 0 saturated heterocycles. The standard InChI is InChI=1S/C19H24O6.C12H18O5.C7H8O2.2C7H8O.C6H6O.C5H12O4.CH2O.H2O/c20-11-19(12-21,13-24-9-15-1-5-17(22)6-2-15)14-25-10-16-3-7-18(23)8-4-16;13-6-12(7-14,8-15)9-17-5-10-1-3-11(16)4-2-10;8-5-6-1-3-7(9)4-2-6;2*1-6-2-4-7(8)5-3-6;7-6-4-2-1-3-5-6;6-1-5(2-7,3-8)4-9;1-2;/h1-8,20-23H,9-14H2;1-4,13-16H,5-9H2;1-4,8-9H,5H2;2*2-5,8H,1H3;1-5,7H;6-9H,1-4H2;1H2;1H2/p+1. The summed E-state index contributed by atoms with van der Waals surface area (Å²) in [4.78, 5) is 8.00. The molecule has 0 heterocycles. The van der Waals surface area contributed by atoms with Gasteiger partial charge in [0.1, 0.15) is 47.0 Å². The molecule has 0 aliphatic carbocycles. The van der Waals surface area contributed by atoms with Crippen LogP contribution in [0.5, 0.6) is 40.2 Å². The number of phenols is 7. The van der Waals surface area contributed by atoms with Gasteiger partial charge in [-0.3, -0.25) is 0 Å². The third kappa shape index (κ3) is 35.5. The number of aliphatic hydroxyl groups is 10. The van der Waals surface area contributed by atoms with Crippen molar-refractivity contribution < 1.29 is 114 Å². The molecule has 86 heavy (non-hydrogen) atoms. The smallest absolute Gasteiger partial charge is 0.870 e. The highest BCUT2D eigenvalue weighted by atomic mass is 16.5. The van der Waals surface area contributed by atoms with Gasteiger partial charge in [0.15, 0.2) is 0 Å². The molecule has 22 heteroatoms. The molecular weight excluding hydrogens is 1120 g/mol. The number of aromatic hydroxyl groups is 7. The number of hydrogen-bond donors (Lipinski definition) is 17. The molecule has 0 amide bonds. The number of ether oxygens (including phenoxy) is 3. The molecule has 0 aliphatic heterocycles. The van der Waals surface area contributed by atoms with Gasteiger partial charge in [-0.2, -0.15) is 0 Å². The maximum absolute atomic E-state index is 9.66. The Labute approximate surface area is 504 Å². The van der Waals surface area contributed by atoms with E-state index in [1.54, 1.807) is 146 Å². The van der Waals surface area contributed by atoms with Gasteiger partial charge in [-0.25, -0.2) is 0 Å². The zero-order valence-corrected chi connectivity index (χ0v) is 48.4. The first-order chi connectivity index (χ1) is 40.8. The van der Waals surface area contributed by atoms with Gasteiger partial charge < -0.3 is 111 Å². The van der Waals surface area contributed by atoms with Crippen LogP contribution in [0.2, 0.25) is 0 Å². The number of carbonyl (C=O) groups excluding carboxylic acids is 1. The van der Waals surface area contributed by atoms with Gasteiger partial charge in [-0.05, 0) is 121 Å². The first-order valence-electron chi connectivity index (χ1n) is 26.2. The molecule has 0 unspecified atom stereocenters. The number of aryl methyl sites for hydroxylation is 2. The average molecular weight is 1210 g/mol. The molecule has 7 aromatic rings. The molecule has 18 N–H and O–H groups in total. The van der Waals surface area contributed by atoms with E-state index in [-0.39, 0.29) is 90.8 Å². The third-order valence-corrected chi connectivity index (χ3v) is 11.8. The SMILES string of the molecule is C=O.Cc1ccc(O)cc1.Cc1ccc(O)cc1.OCC(CO)(CO)CO.OCC(CO)(CO)COCc1ccc(O)cc1.OCC(CO)(COCc1ccc(O)cc1)COCc1ccc(O)cc1.OCc1ccc(O)cc1.Oc1ccccc1.[H+].[H+].[OH-].